The van der Waals surface area contributed by atoms with Crippen molar-refractivity contribution >= 4 is 45.7 Å². The van der Waals surface area contributed by atoms with Crippen LogP contribution in [0.15, 0.2) is 83.0 Å². The highest BCUT2D eigenvalue weighted by Gasteiger charge is 2.18. The van der Waals surface area contributed by atoms with Crippen LogP contribution >= 0.6 is 23.2 Å². The Morgan fingerprint density at radius 1 is 0.897 bits per heavy atom. The topological polar surface area (TPSA) is 66.9 Å². The van der Waals surface area contributed by atoms with Crippen LogP contribution in [0.25, 0.3) is 10.9 Å². The van der Waals surface area contributed by atoms with Crippen LogP contribution in [0.2, 0.25) is 10.0 Å². The average molecular weight is 424 g/mol. The summed E-state index contributed by atoms with van der Waals surface area (Å²) in [5, 5.41) is 20.2. The Bertz CT molecular complexity index is 1250. The molecule has 3 aromatic carbocycles. The van der Waals surface area contributed by atoms with Gasteiger partial charge in [-0.2, -0.15) is 0 Å². The second-order valence-corrected chi connectivity index (χ2v) is 7.17. The van der Waals surface area contributed by atoms with Gasteiger partial charge in [0.05, 0.1) is 22.6 Å². The minimum Gasteiger partial charge on any atom is -0.493 e. The molecular formula is C22H15Cl2N3O2. The summed E-state index contributed by atoms with van der Waals surface area (Å²) < 4.78 is 1.69. The number of halogens is 2. The summed E-state index contributed by atoms with van der Waals surface area (Å²) in [6.07, 6.45) is 0. The van der Waals surface area contributed by atoms with Gasteiger partial charge in [0.1, 0.15) is 0 Å². The number of amides is 1. The van der Waals surface area contributed by atoms with Crippen LogP contribution in [-0.4, -0.2) is 15.6 Å². The molecular weight excluding hydrogens is 409 g/mol. The van der Waals surface area contributed by atoms with E-state index in [0.29, 0.717) is 22.0 Å². The SMILES string of the molecule is O=C(N=Nc1c(O)n(Cc2ccccc2Cl)c2ccccc12)c1ccccc1Cl. The molecule has 1 heterocycles. The lowest BCUT2D eigenvalue weighted by Gasteiger charge is -2.08. The van der Waals surface area contributed by atoms with Gasteiger partial charge in [-0.25, -0.2) is 0 Å². The highest BCUT2D eigenvalue weighted by molar-refractivity contribution is 6.33. The minimum atomic E-state index is -0.585. The van der Waals surface area contributed by atoms with Crippen LogP contribution in [0.1, 0.15) is 15.9 Å². The molecule has 0 atom stereocenters. The Morgan fingerprint density at radius 2 is 1.55 bits per heavy atom. The van der Waals surface area contributed by atoms with Gasteiger partial charge in [0.2, 0.25) is 5.88 Å². The Morgan fingerprint density at radius 3 is 2.31 bits per heavy atom. The average Bonchev–Trinajstić information content (AvgIpc) is 2.99. The van der Waals surface area contributed by atoms with Gasteiger partial charge in [-0.05, 0) is 29.8 Å². The molecule has 1 aromatic heterocycles. The summed E-state index contributed by atoms with van der Waals surface area (Å²) in [6.45, 7) is 0.347. The van der Waals surface area contributed by atoms with E-state index in [1.807, 2.05) is 42.5 Å². The molecule has 0 saturated heterocycles. The number of rotatable bonds is 4. The van der Waals surface area contributed by atoms with E-state index in [0.717, 1.165) is 11.1 Å². The summed E-state index contributed by atoms with van der Waals surface area (Å²) >= 11 is 12.3. The number of fused-ring (bicyclic) bond motifs is 1. The molecule has 0 radical (unpaired) electrons. The lowest BCUT2D eigenvalue weighted by Crippen LogP contribution is -1.99. The van der Waals surface area contributed by atoms with Gasteiger partial charge in [0.25, 0.3) is 5.91 Å². The highest BCUT2D eigenvalue weighted by atomic mass is 35.5. The maximum Gasteiger partial charge on any atom is 0.296 e. The van der Waals surface area contributed by atoms with Gasteiger partial charge >= 0.3 is 0 Å². The van der Waals surface area contributed by atoms with Gasteiger partial charge in [-0.1, -0.05) is 71.7 Å². The van der Waals surface area contributed by atoms with Crippen molar-refractivity contribution in [2.45, 2.75) is 6.54 Å². The third-order valence-electron chi connectivity index (χ3n) is 4.55. The summed E-state index contributed by atoms with van der Waals surface area (Å²) in [6, 6.07) is 21.4. The van der Waals surface area contributed by atoms with E-state index in [1.54, 1.807) is 34.9 Å². The number of hydrogen-bond donors (Lipinski definition) is 1. The van der Waals surface area contributed by atoms with Crippen LogP contribution in [-0.2, 0) is 6.54 Å². The Hall–Kier alpha value is -3.15. The molecule has 0 aliphatic rings. The standard InChI is InChI=1S/C22H15Cl2N3O2/c23-17-10-4-1-7-14(17)13-27-19-12-6-3-9-16(19)20(22(27)29)25-26-21(28)15-8-2-5-11-18(15)24/h1-12,29H,13H2. The largest absolute Gasteiger partial charge is 0.493 e. The van der Waals surface area contributed by atoms with Crippen molar-refractivity contribution in [1.29, 1.82) is 0 Å². The highest BCUT2D eigenvalue weighted by Crippen LogP contribution is 2.39. The smallest absolute Gasteiger partial charge is 0.296 e. The van der Waals surface area contributed by atoms with E-state index in [4.69, 9.17) is 23.2 Å². The zero-order valence-electron chi connectivity index (χ0n) is 15.1. The molecule has 0 aliphatic carbocycles. The van der Waals surface area contributed by atoms with Crippen molar-refractivity contribution in [2.24, 2.45) is 10.2 Å². The summed E-state index contributed by atoms with van der Waals surface area (Å²) in [4.78, 5) is 12.4. The first-order valence-corrected chi connectivity index (χ1v) is 9.56. The Balaban J connectivity index is 1.76. The second kappa shape index (κ2) is 8.07. The molecule has 7 heteroatoms. The van der Waals surface area contributed by atoms with E-state index in [1.165, 1.54) is 0 Å². The third kappa shape index (κ3) is 3.75. The molecule has 0 bridgehead atoms. The maximum atomic E-state index is 12.4. The molecule has 4 rings (SSSR count). The number of aromatic hydroxyl groups is 1. The maximum absolute atomic E-state index is 12.4. The summed E-state index contributed by atoms with van der Waals surface area (Å²) in [5.74, 6) is -0.681. The van der Waals surface area contributed by atoms with Crippen molar-refractivity contribution in [1.82, 2.24) is 4.57 Å². The number of carbonyl (C=O) groups is 1. The zero-order valence-corrected chi connectivity index (χ0v) is 16.6. The van der Waals surface area contributed by atoms with E-state index in [2.05, 4.69) is 10.2 Å². The molecule has 29 heavy (non-hydrogen) atoms. The van der Waals surface area contributed by atoms with Crippen LogP contribution in [0.3, 0.4) is 0 Å². The van der Waals surface area contributed by atoms with Crippen LogP contribution < -0.4 is 0 Å². The number of para-hydroxylation sites is 1. The van der Waals surface area contributed by atoms with Crippen molar-refractivity contribution in [3.05, 3.63) is 94.0 Å². The number of benzene rings is 3. The van der Waals surface area contributed by atoms with Crippen LogP contribution in [0.5, 0.6) is 5.88 Å². The molecule has 4 aromatic rings. The van der Waals surface area contributed by atoms with Crippen molar-refractivity contribution in [2.75, 3.05) is 0 Å². The molecule has 5 nitrogen and oxygen atoms in total. The molecule has 144 valence electrons. The third-order valence-corrected chi connectivity index (χ3v) is 5.25. The minimum absolute atomic E-state index is 0.0955. The fourth-order valence-corrected chi connectivity index (χ4v) is 3.52. The monoisotopic (exact) mass is 423 g/mol. The number of azo groups is 1. The first-order chi connectivity index (χ1) is 14.1. The zero-order chi connectivity index (χ0) is 20.4. The fourth-order valence-electron chi connectivity index (χ4n) is 3.11. The summed E-state index contributed by atoms with van der Waals surface area (Å²) in [7, 11) is 0. The van der Waals surface area contributed by atoms with Crippen LogP contribution in [0, 0.1) is 0 Å². The predicted molar refractivity (Wildman–Crippen MR) is 114 cm³/mol. The fraction of sp³-hybridized carbons (Fsp3) is 0.0455. The molecule has 0 saturated carbocycles. The van der Waals surface area contributed by atoms with E-state index < -0.39 is 5.91 Å². The van der Waals surface area contributed by atoms with E-state index in [9.17, 15) is 9.90 Å². The van der Waals surface area contributed by atoms with Crippen molar-refractivity contribution in [3.8, 4) is 5.88 Å². The Kier molecular flexibility index (Phi) is 5.34. The number of aromatic nitrogens is 1. The number of carbonyl (C=O) groups excluding carboxylic acids is 1. The molecule has 0 unspecified atom stereocenters. The van der Waals surface area contributed by atoms with Gasteiger partial charge in [0, 0.05) is 10.4 Å². The molecule has 1 N–H and O–H groups in total. The van der Waals surface area contributed by atoms with Gasteiger partial charge in [-0.3, -0.25) is 4.79 Å². The van der Waals surface area contributed by atoms with Crippen molar-refractivity contribution in [3.63, 3.8) is 0 Å². The molecule has 0 fully saturated rings. The molecule has 1 amide bonds. The van der Waals surface area contributed by atoms with Gasteiger partial charge < -0.3 is 9.67 Å². The predicted octanol–water partition coefficient (Wildman–Crippen LogP) is 6.63. The Labute approximate surface area is 176 Å². The summed E-state index contributed by atoms with van der Waals surface area (Å²) in [5.41, 5.74) is 2.06. The van der Waals surface area contributed by atoms with E-state index in [-0.39, 0.29) is 17.1 Å². The molecule has 0 aliphatic heterocycles. The first-order valence-electron chi connectivity index (χ1n) is 8.80. The number of hydrogen-bond acceptors (Lipinski definition) is 3. The van der Waals surface area contributed by atoms with E-state index >= 15 is 0 Å². The van der Waals surface area contributed by atoms with Crippen molar-refractivity contribution < 1.29 is 9.90 Å². The number of nitrogens with zero attached hydrogens (tertiary/aromatic N) is 3. The van der Waals surface area contributed by atoms with Crippen LogP contribution in [0.4, 0.5) is 5.69 Å². The second-order valence-electron chi connectivity index (χ2n) is 6.35. The lowest BCUT2D eigenvalue weighted by atomic mass is 10.2. The molecule has 0 spiro atoms. The first kappa shape index (κ1) is 19.2. The quantitative estimate of drug-likeness (QED) is 0.374. The normalized spacial score (nSPS) is 11.4. The van der Waals surface area contributed by atoms with Gasteiger partial charge in [0.15, 0.2) is 5.69 Å². The lowest BCUT2D eigenvalue weighted by molar-refractivity contribution is 0.0995. The van der Waals surface area contributed by atoms with Gasteiger partial charge in [-0.15, -0.1) is 10.2 Å².